The van der Waals surface area contributed by atoms with Crippen LogP contribution < -0.4 is 5.32 Å². The lowest BCUT2D eigenvalue weighted by molar-refractivity contribution is -0.116. The number of nitrogens with zero attached hydrogens (tertiary/aromatic N) is 2. The fourth-order valence-corrected chi connectivity index (χ4v) is 2.06. The Labute approximate surface area is 126 Å². The number of carbonyl (C=O) groups excluding carboxylic acids is 1. The SMILES string of the molecule is CCn1c(CNC(=O)C=Cc2ccc(F)cc2)n[nH]c1=S. The van der Waals surface area contributed by atoms with Crippen LogP contribution >= 0.6 is 12.2 Å². The lowest BCUT2D eigenvalue weighted by Crippen LogP contribution is -2.22. The number of benzene rings is 1. The van der Waals surface area contributed by atoms with E-state index in [0.717, 1.165) is 5.56 Å². The van der Waals surface area contributed by atoms with Gasteiger partial charge in [-0.2, -0.15) is 5.10 Å². The Hall–Kier alpha value is -2.28. The quantitative estimate of drug-likeness (QED) is 0.659. The molecule has 0 aliphatic rings. The van der Waals surface area contributed by atoms with Crippen molar-refractivity contribution >= 4 is 24.2 Å². The molecule has 21 heavy (non-hydrogen) atoms. The van der Waals surface area contributed by atoms with Gasteiger partial charge in [0.25, 0.3) is 0 Å². The number of halogens is 1. The molecule has 0 unspecified atom stereocenters. The van der Waals surface area contributed by atoms with E-state index in [1.807, 2.05) is 6.92 Å². The lowest BCUT2D eigenvalue weighted by Gasteiger charge is -2.03. The van der Waals surface area contributed by atoms with E-state index in [9.17, 15) is 9.18 Å². The van der Waals surface area contributed by atoms with Crippen molar-refractivity contribution in [3.8, 4) is 0 Å². The van der Waals surface area contributed by atoms with Gasteiger partial charge in [0.05, 0.1) is 6.54 Å². The average molecular weight is 306 g/mol. The average Bonchev–Trinajstić information content (AvgIpc) is 2.84. The first-order valence-electron chi connectivity index (χ1n) is 6.45. The molecule has 0 spiro atoms. The molecule has 7 heteroatoms. The summed E-state index contributed by atoms with van der Waals surface area (Å²) in [7, 11) is 0. The number of rotatable bonds is 5. The third-order valence-electron chi connectivity index (χ3n) is 2.87. The van der Waals surface area contributed by atoms with Gasteiger partial charge in [0.15, 0.2) is 10.6 Å². The molecule has 2 aromatic rings. The first kappa shape index (κ1) is 15.1. The van der Waals surface area contributed by atoms with Gasteiger partial charge in [0.1, 0.15) is 5.82 Å². The molecule has 0 atom stereocenters. The summed E-state index contributed by atoms with van der Waals surface area (Å²) in [5, 5.41) is 9.46. The molecule has 0 saturated heterocycles. The molecule has 1 amide bonds. The number of amides is 1. The predicted molar refractivity (Wildman–Crippen MR) is 80.4 cm³/mol. The smallest absolute Gasteiger partial charge is 0.244 e. The Balaban J connectivity index is 1.93. The summed E-state index contributed by atoms with van der Waals surface area (Å²) in [4.78, 5) is 11.7. The molecule has 1 aromatic heterocycles. The second-order valence-corrected chi connectivity index (χ2v) is 4.68. The highest BCUT2D eigenvalue weighted by Crippen LogP contribution is 2.04. The molecule has 2 rings (SSSR count). The van der Waals surface area contributed by atoms with Gasteiger partial charge in [-0.3, -0.25) is 9.89 Å². The Morgan fingerprint density at radius 2 is 2.19 bits per heavy atom. The number of aromatic nitrogens is 3. The second kappa shape index (κ2) is 6.94. The molecule has 0 aliphatic carbocycles. The van der Waals surface area contributed by atoms with E-state index in [-0.39, 0.29) is 18.3 Å². The zero-order valence-electron chi connectivity index (χ0n) is 11.5. The van der Waals surface area contributed by atoms with Crippen molar-refractivity contribution in [3.63, 3.8) is 0 Å². The van der Waals surface area contributed by atoms with Crippen LogP contribution in [0.15, 0.2) is 30.3 Å². The summed E-state index contributed by atoms with van der Waals surface area (Å²) >= 11 is 5.07. The maximum atomic E-state index is 12.7. The third kappa shape index (κ3) is 4.09. The van der Waals surface area contributed by atoms with Gasteiger partial charge in [-0.1, -0.05) is 12.1 Å². The normalized spacial score (nSPS) is 11.0. The van der Waals surface area contributed by atoms with Gasteiger partial charge in [-0.15, -0.1) is 0 Å². The van der Waals surface area contributed by atoms with Crippen molar-refractivity contribution in [1.29, 1.82) is 0 Å². The van der Waals surface area contributed by atoms with E-state index < -0.39 is 0 Å². The maximum absolute atomic E-state index is 12.7. The largest absolute Gasteiger partial charge is 0.345 e. The first-order chi connectivity index (χ1) is 10.1. The molecule has 0 aliphatic heterocycles. The maximum Gasteiger partial charge on any atom is 0.244 e. The number of hydrogen-bond acceptors (Lipinski definition) is 3. The highest BCUT2D eigenvalue weighted by atomic mass is 32.1. The highest BCUT2D eigenvalue weighted by molar-refractivity contribution is 7.71. The number of hydrogen-bond donors (Lipinski definition) is 2. The van der Waals surface area contributed by atoms with Gasteiger partial charge >= 0.3 is 0 Å². The summed E-state index contributed by atoms with van der Waals surface area (Å²) in [6, 6.07) is 5.88. The van der Waals surface area contributed by atoms with Crippen LogP contribution in [0.4, 0.5) is 4.39 Å². The van der Waals surface area contributed by atoms with Crippen molar-refractivity contribution in [2.24, 2.45) is 0 Å². The van der Waals surface area contributed by atoms with Crippen molar-refractivity contribution in [3.05, 3.63) is 52.3 Å². The molecular weight excluding hydrogens is 291 g/mol. The van der Waals surface area contributed by atoms with Crippen molar-refractivity contribution in [2.75, 3.05) is 0 Å². The third-order valence-corrected chi connectivity index (χ3v) is 3.18. The summed E-state index contributed by atoms with van der Waals surface area (Å²) in [6.07, 6.45) is 3.01. The Bertz CT molecular complexity index is 703. The molecule has 5 nitrogen and oxygen atoms in total. The Kier molecular flexibility index (Phi) is 4.99. The van der Waals surface area contributed by atoms with E-state index in [2.05, 4.69) is 15.5 Å². The fourth-order valence-electron chi connectivity index (χ4n) is 1.78. The zero-order chi connectivity index (χ0) is 15.2. The molecule has 0 fully saturated rings. The zero-order valence-corrected chi connectivity index (χ0v) is 12.3. The molecule has 0 radical (unpaired) electrons. The van der Waals surface area contributed by atoms with E-state index in [4.69, 9.17) is 12.2 Å². The Morgan fingerprint density at radius 1 is 1.48 bits per heavy atom. The van der Waals surface area contributed by atoms with Crippen LogP contribution in [0, 0.1) is 10.6 Å². The summed E-state index contributed by atoms with van der Waals surface area (Å²) in [5.74, 6) is 0.112. The summed E-state index contributed by atoms with van der Waals surface area (Å²) < 4.78 is 15.1. The summed E-state index contributed by atoms with van der Waals surface area (Å²) in [5.41, 5.74) is 0.753. The predicted octanol–water partition coefficient (Wildman–Crippen LogP) is 2.43. The first-order valence-corrected chi connectivity index (χ1v) is 6.86. The molecule has 1 heterocycles. The second-order valence-electron chi connectivity index (χ2n) is 4.29. The van der Waals surface area contributed by atoms with E-state index >= 15 is 0 Å². The van der Waals surface area contributed by atoms with Gasteiger partial charge in [0, 0.05) is 12.6 Å². The topological polar surface area (TPSA) is 62.7 Å². The van der Waals surface area contributed by atoms with Gasteiger partial charge in [-0.05, 0) is 42.9 Å². The van der Waals surface area contributed by atoms with Gasteiger partial charge < -0.3 is 9.88 Å². The highest BCUT2D eigenvalue weighted by Gasteiger charge is 2.05. The molecular formula is C14H15FN4OS. The molecule has 0 saturated carbocycles. The standard InChI is InChI=1S/C14H15FN4OS/c1-2-19-12(17-18-14(19)21)9-16-13(20)8-5-10-3-6-11(15)7-4-10/h3-8H,2,9H2,1H3,(H,16,20)(H,18,21). The van der Waals surface area contributed by atoms with Crippen LogP contribution in [0.5, 0.6) is 0 Å². The molecule has 2 N–H and O–H groups in total. The minimum absolute atomic E-state index is 0.254. The Morgan fingerprint density at radius 3 is 2.86 bits per heavy atom. The van der Waals surface area contributed by atoms with Crippen LogP contribution in [0.3, 0.4) is 0 Å². The molecule has 1 aromatic carbocycles. The van der Waals surface area contributed by atoms with Crippen molar-refractivity contribution < 1.29 is 9.18 Å². The van der Waals surface area contributed by atoms with Crippen LogP contribution in [0.1, 0.15) is 18.3 Å². The van der Waals surface area contributed by atoms with Gasteiger partial charge in [0.2, 0.25) is 5.91 Å². The number of carbonyl (C=O) groups is 1. The molecule has 0 bridgehead atoms. The van der Waals surface area contributed by atoms with Crippen molar-refractivity contribution in [1.82, 2.24) is 20.1 Å². The summed E-state index contributed by atoms with van der Waals surface area (Å²) in [6.45, 7) is 2.92. The lowest BCUT2D eigenvalue weighted by atomic mass is 10.2. The van der Waals surface area contributed by atoms with Crippen LogP contribution in [-0.4, -0.2) is 20.7 Å². The number of H-pyrrole nitrogens is 1. The van der Waals surface area contributed by atoms with E-state index in [1.165, 1.54) is 18.2 Å². The van der Waals surface area contributed by atoms with Crippen LogP contribution in [0.25, 0.3) is 6.08 Å². The van der Waals surface area contributed by atoms with Crippen LogP contribution in [0.2, 0.25) is 0 Å². The fraction of sp³-hybridized carbons (Fsp3) is 0.214. The number of aromatic amines is 1. The van der Waals surface area contributed by atoms with E-state index in [1.54, 1.807) is 22.8 Å². The number of nitrogens with one attached hydrogen (secondary N) is 2. The van der Waals surface area contributed by atoms with Gasteiger partial charge in [-0.25, -0.2) is 4.39 Å². The van der Waals surface area contributed by atoms with E-state index in [0.29, 0.717) is 17.1 Å². The minimum Gasteiger partial charge on any atom is -0.345 e. The van der Waals surface area contributed by atoms with Crippen LogP contribution in [-0.2, 0) is 17.9 Å². The van der Waals surface area contributed by atoms with Crippen molar-refractivity contribution in [2.45, 2.75) is 20.0 Å². The minimum atomic E-state index is -0.307. The monoisotopic (exact) mass is 306 g/mol. The molecule has 110 valence electrons.